The van der Waals surface area contributed by atoms with Crippen LogP contribution in [0.25, 0.3) is 10.1 Å². The van der Waals surface area contributed by atoms with E-state index in [9.17, 15) is 19.7 Å². The molecule has 0 aliphatic carbocycles. The van der Waals surface area contributed by atoms with Crippen molar-refractivity contribution < 1.29 is 18.9 Å². The molecule has 1 atom stereocenters. The minimum Gasteiger partial charge on any atom is -0.407 e. The Kier molecular flexibility index (Phi) is 4.86. The molecule has 0 spiro atoms. The van der Waals surface area contributed by atoms with E-state index >= 15 is 0 Å². The second kappa shape index (κ2) is 7.85. The molecule has 1 fully saturated rings. The molecule has 160 valence electrons. The molecule has 1 N–H and O–H groups in total. The van der Waals surface area contributed by atoms with Crippen LogP contribution >= 0.6 is 11.3 Å². The van der Waals surface area contributed by atoms with Crippen molar-refractivity contribution in [2.75, 3.05) is 16.8 Å². The van der Waals surface area contributed by atoms with Crippen LogP contribution in [0.1, 0.15) is 27.9 Å². The molecule has 1 aliphatic heterocycles. The third-order valence-electron chi connectivity index (χ3n) is 5.14. The van der Waals surface area contributed by atoms with Gasteiger partial charge in [-0.05, 0) is 24.3 Å². The molecule has 1 aliphatic rings. The van der Waals surface area contributed by atoms with E-state index in [2.05, 4.69) is 15.5 Å². The summed E-state index contributed by atoms with van der Waals surface area (Å²) >= 11 is 1.20. The lowest BCUT2D eigenvalue weighted by molar-refractivity contribution is -0.384. The number of carbonyl (C=O) groups excluding carboxylic acids is 2. The van der Waals surface area contributed by atoms with Gasteiger partial charge in [-0.15, -0.1) is 16.4 Å². The number of fused-ring (bicyclic) bond motifs is 1. The number of nitrogens with zero attached hydrogens (tertiary/aromatic N) is 4. The smallest absolute Gasteiger partial charge is 0.322 e. The number of benzene rings is 2. The minimum atomic E-state index is -0.483. The van der Waals surface area contributed by atoms with E-state index in [1.165, 1.54) is 23.5 Å². The van der Waals surface area contributed by atoms with Gasteiger partial charge in [0.25, 0.3) is 11.6 Å². The second-order valence-corrected chi connectivity index (χ2v) is 8.31. The van der Waals surface area contributed by atoms with E-state index in [4.69, 9.17) is 4.42 Å². The lowest BCUT2D eigenvalue weighted by Crippen LogP contribution is -2.24. The van der Waals surface area contributed by atoms with Crippen LogP contribution in [0, 0.1) is 10.1 Å². The fourth-order valence-corrected chi connectivity index (χ4v) is 4.53. The number of nitrogens with one attached hydrogen (secondary N) is 1. The average molecular weight is 449 g/mol. The zero-order valence-corrected chi connectivity index (χ0v) is 17.2. The largest absolute Gasteiger partial charge is 0.407 e. The van der Waals surface area contributed by atoms with E-state index in [1.807, 2.05) is 30.3 Å². The van der Waals surface area contributed by atoms with Crippen molar-refractivity contribution in [2.24, 2.45) is 0 Å². The van der Waals surface area contributed by atoms with Crippen LogP contribution in [0.3, 0.4) is 0 Å². The summed E-state index contributed by atoms with van der Waals surface area (Å²) in [5.41, 5.74) is 0.762. The number of hydrogen-bond acceptors (Lipinski definition) is 8. The number of nitro groups is 1. The quantitative estimate of drug-likeness (QED) is 0.360. The first kappa shape index (κ1) is 19.8. The van der Waals surface area contributed by atoms with Crippen LogP contribution in [-0.2, 0) is 4.79 Å². The zero-order chi connectivity index (χ0) is 22.2. The van der Waals surface area contributed by atoms with Crippen LogP contribution in [0.15, 0.2) is 59.0 Å². The first-order chi connectivity index (χ1) is 15.5. The molecule has 3 heterocycles. The van der Waals surface area contributed by atoms with Gasteiger partial charge in [0.2, 0.25) is 11.8 Å². The molecule has 0 radical (unpaired) electrons. The van der Waals surface area contributed by atoms with Crippen molar-refractivity contribution >= 4 is 50.6 Å². The molecule has 0 saturated carbocycles. The highest BCUT2D eigenvalue weighted by Crippen LogP contribution is 2.32. The Balaban J connectivity index is 1.29. The van der Waals surface area contributed by atoms with E-state index in [0.717, 1.165) is 10.4 Å². The number of hydrogen-bond donors (Lipinski definition) is 1. The van der Waals surface area contributed by atoms with Crippen molar-refractivity contribution in [3.63, 3.8) is 0 Å². The number of rotatable bonds is 5. The van der Waals surface area contributed by atoms with Crippen LogP contribution in [-0.4, -0.2) is 33.5 Å². The number of aromatic nitrogens is 2. The maximum Gasteiger partial charge on any atom is 0.322 e. The molecule has 10 nitrogen and oxygen atoms in total. The van der Waals surface area contributed by atoms with Crippen molar-refractivity contribution in [1.82, 2.24) is 10.2 Å². The highest BCUT2D eigenvalue weighted by molar-refractivity contribution is 7.20. The fourth-order valence-electron chi connectivity index (χ4n) is 3.60. The number of carbonyl (C=O) groups is 2. The van der Waals surface area contributed by atoms with Gasteiger partial charge in [0.1, 0.15) is 0 Å². The van der Waals surface area contributed by atoms with Gasteiger partial charge in [0.15, 0.2) is 0 Å². The number of para-hydroxylation sites is 1. The predicted molar refractivity (Wildman–Crippen MR) is 117 cm³/mol. The Morgan fingerprint density at radius 3 is 2.78 bits per heavy atom. The first-order valence-electron chi connectivity index (χ1n) is 9.66. The third kappa shape index (κ3) is 3.69. The summed E-state index contributed by atoms with van der Waals surface area (Å²) in [6.07, 6.45) is 0.236. The monoisotopic (exact) mass is 449 g/mol. The highest BCUT2D eigenvalue weighted by atomic mass is 32.1. The molecular formula is C21H15N5O5S. The average Bonchev–Trinajstić information content (AvgIpc) is 3.51. The van der Waals surface area contributed by atoms with Gasteiger partial charge in [-0.3, -0.25) is 25.0 Å². The van der Waals surface area contributed by atoms with E-state index in [-0.39, 0.29) is 35.8 Å². The Morgan fingerprint density at radius 2 is 2.00 bits per heavy atom. The molecule has 2 aromatic heterocycles. The third-order valence-corrected chi connectivity index (χ3v) is 6.25. The molecular weight excluding hydrogens is 434 g/mol. The van der Waals surface area contributed by atoms with Gasteiger partial charge in [-0.25, -0.2) is 0 Å². The number of anilines is 2. The Bertz CT molecular complexity index is 1350. The number of amides is 2. The number of thiophene rings is 1. The topological polar surface area (TPSA) is 131 Å². The van der Waals surface area contributed by atoms with Gasteiger partial charge < -0.3 is 9.32 Å². The van der Waals surface area contributed by atoms with Crippen LogP contribution in [0.4, 0.5) is 17.4 Å². The minimum absolute atomic E-state index is 0.0376. The first-order valence-corrected chi connectivity index (χ1v) is 10.5. The lowest BCUT2D eigenvalue weighted by Gasteiger charge is -2.15. The van der Waals surface area contributed by atoms with Gasteiger partial charge in [-0.1, -0.05) is 23.3 Å². The molecule has 1 unspecified atom stereocenters. The highest BCUT2D eigenvalue weighted by Gasteiger charge is 2.35. The molecule has 0 bridgehead atoms. The van der Waals surface area contributed by atoms with E-state index in [0.29, 0.717) is 16.8 Å². The van der Waals surface area contributed by atoms with Crippen molar-refractivity contribution in [3.05, 3.63) is 75.5 Å². The summed E-state index contributed by atoms with van der Waals surface area (Å²) < 4.78 is 6.35. The van der Waals surface area contributed by atoms with Crippen LogP contribution in [0.5, 0.6) is 0 Å². The van der Waals surface area contributed by atoms with Gasteiger partial charge >= 0.3 is 6.01 Å². The summed E-state index contributed by atoms with van der Waals surface area (Å²) in [6, 6.07) is 15.3. The van der Waals surface area contributed by atoms with Gasteiger partial charge in [0.05, 0.1) is 15.7 Å². The second-order valence-electron chi connectivity index (χ2n) is 7.23. The van der Waals surface area contributed by atoms with Gasteiger partial charge in [0, 0.05) is 40.9 Å². The summed E-state index contributed by atoms with van der Waals surface area (Å²) in [5, 5.41) is 22.0. The molecule has 4 aromatic rings. The molecule has 2 amide bonds. The Labute approximate surface area is 184 Å². The van der Waals surface area contributed by atoms with E-state index in [1.54, 1.807) is 17.0 Å². The summed E-state index contributed by atoms with van der Waals surface area (Å²) in [5.74, 6) is -0.494. The molecule has 1 saturated heterocycles. The summed E-state index contributed by atoms with van der Waals surface area (Å²) in [6.45, 7) is 0.410. The molecule has 2 aromatic carbocycles. The van der Waals surface area contributed by atoms with Crippen molar-refractivity contribution in [2.45, 2.75) is 12.3 Å². The van der Waals surface area contributed by atoms with E-state index < -0.39 is 10.8 Å². The molecule has 5 rings (SSSR count). The number of nitro benzene ring substituents is 1. The molecule has 11 heteroatoms. The van der Waals surface area contributed by atoms with Crippen molar-refractivity contribution in [1.29, 1.82) is 0 Å². The normalized spacial score (nSPS) is 15.9. The fraction of sp³-hybridized carbons (Fsp3) is 0.143. The lowest BCUT2D eigenvalue weighted by atomic mass is 10.1. The SMILES string of the molecule is O=C(Nc1nnc(C2CC(=O)N(c3ccccc3)C2)o1)c1cc2cc([N+](=O)[O-])ccc2s1. The maximum absolute atomic E-state index is 12.6. The molecule has 32 heavy (non-hydrogen) atoms. The maximum atomic E-state index is 12.6. The van der Waals surface area contributed by atoms with Gasteiger partial charge in [-0.2, -0.15) is 0 Å². The Hall–Kier alpha value is -4.12. The summed E-state index contributed by atoms with van der Waals surface area (Å²) in [4.78, 5) is 37.5. The van der Waals surface area contributed by atoms with Crippen molar-refractivity contribution in [3.8, 4) is 0 Å². The number of non-ortho nitro benzene ring substituents is 1. The Morgan fingerprint density at radius 1 is 1.19 bits per heavy atom. The zero-order valence-electron chi connectivity index (χ0n) is 16.4. The predicted octanol–water partition coefficient (Wildman–Crippen LogP) is 3.97. The van der Waals surface area contributed by atoms with Crippen LogP contribution < -0.4 is 10.2 Å². The van der Waals surface area contributed by atoms with Crippen LogP contribution in [0.2, 0.25) is 0 Å². The standard InChI is InChI=1S/C21H15N5O5S/c27-18-10-13(11-25(18)14-4-2-1-3-5-14)20-23-24-21(31-20)22-19(28)17-9-12-8-15(26(29)30)6-7-16(12)32-17/h1-9,13H,10-11H2,(H,22,24,28). The summed E-state index contributed by atoms with van der Waals surface area (Å²) in [7, 11) is 0.